The van der Waals surface area contributed by atoms with Crippen LogP contribution >= 0.6 is 15.9 Å². The van der Waals surface area contributed by atoms with Crippen molar-refractivity contribution in [2.45, 2.75) is 6.42 Å². The van der Waals surface area contributed by atoms with E-state index in [0.717, 1.165) is 10.0 Å². The molecule has 0 saturated heterocycles. The summed E-state index contributed by atoms with van der Waals surface area (Å²) in [5.74, 6) is 0.499. The van der Waals surface area contributed by atoms with Crippen LogP contribution in [0.2, 0.25) is 0 Å². The van der Waals surface area contributed by atoms with E-state index >= 15 is 0 Å². The molecule has 0 unspecified atom stereocenters. The Labute approximate surface area is 106 Å². The van der Waals surface area contributed by atoms with Crippen molar-refractivity contribution >= 4 is 27.4 Å². The minimum Gasteiger partial charge on any atom is -0.493 e. The van der Waals surface area contributed by atoms with E-state index < -0.39 is 0 Å². The summed E-state index contributed by atoms with van der Waals surface area (Å²) in [6, 6.07) is 1.73. The van der Waals surface area contributed by atoms with Gasteiger partial charge in [-0.2, -0.15) is 0 Å². The lowest BCUT2D eigenvalue weighted by Crippen LogP contribution is -2.08. The molecule has 1 aromatic carbocycles. The van der Waals surface area contributed by atoms with Crippen LogP contribution in [-0.2, 0) is 6.42 Å². The van der Waals surface area contributed by atoms with Crippen LogP contribution in [0.3, 0.4) is 0 Å². The van der Waals surface area contributed by atoms with Gasteiger partial charge in [0.05, 0.1) is 19.8 Å². The highest BCUT2D eigenvalue weighted by Gasteiger charge is 2.34. The quantitative estimate of drug-likeness (QED) is 0.670. The monoisotopic (exact) mass is 299 g/mol. The molecule has 0 aliphatic heterocycles. The number of carbonyl (C=O) groups excluding carboxylic acids is 1. The lowest BCUT2D eigenvalue weighted by molar-refractivity contribution is 0.106. The Morgan fingerprint density at radius 1 is 1.41 bits per heavy atom. The highest BCUT2D eigenvalue weighted by molar-refractivity contribution is 9.10. The number of ketones is 1. The summed E-state index contributed by atoms with van der Waals surface area (Å²) >= 11 is 3.36. The standard InChI is InChI=1S/C11H10BrNO4/c1-16-8-4-6(12)5-3-7(13-15)10(14)9(5)11(8)17-2/h4,15H,3H2,1-2H3/b13-7-. The van der Waals surface area contributed by atoms with Gasteiger partial charge in [0.25, 0.3) is 0 Å². The van der Waals surface area contributed by atoms with Crippen LogP contribution in [-0.4, -0.2) is 30.9 Å². The van der Waals surface area contributed by atoms with Crippen LogP contribution in [0.4, 0.5) is 0 Å². The molecule has 0 heterocycles. The number of Topliss-reactive ketones (excluding diaryl/α,β-unsaturated/α-hetero) is 1. The van der Waals surface area contributed by atoms with E-state index in [1.54, 1.807) is 6.07 Å². The van der Waals surface area contributed by atoms with Crippen LogP contribution in [0.15, 0.2) is 15.7 Å². The summed E-state index contributed by atoms with van der Waals surface area (Å²) in [5, 5.41) is 11.8. The van der Waals surface area contributed by atoms with Crippen molar-refractivity contribution in [3.8, 4) is 11.5 Å². The summed E-state index contributed by atoms with van der Waals surface area (Å²) in [6.45, 7) is 0. The van der Waals surface area contributed by atoms with Gasteiger partial charge in [-0.3, -0.25) is 4.79 Å². The predicted molar refractivity (Wildman–Crippen MR) is 64.5 cm³/mol. The van der Waals surface area contributed by atoms with Crippen molar-refractivity contribution in [3.63, 3.8) is 0 Å². The van der Waals surface area contributed by atoms with Crippen LogP contribution < -0.4 is 9.47 Å². The van der Waals surface area contributed by atoms with Gasteiger partial charge >= 0.3 is 0 Å². The van der Waals surface area contributed by atoms with Crippen LogP contribution in [0, 0.1) is 0 Å². The van der Waals surface area contributed by atoms with Crippen molar-refractivity contribution < 1.29 is 19.5 Å². The zero-order chi connectivity index (χ0) is 12.6. The third-order valence-electron chi connectivity index (χ3n) is 2.68. The Morgan fingerprint density at radius 2 is 2.12 bits per heavy atom. The number of rotatable bonds is 2. The number of hydrogen-bond donors (Lipinski definition) is 1. The zero-order valence-corrected chi connectivity index (χ0v) is 10.9. The molecule has 0 amide bonds. The first-order chi connectivity index (χ1) is 8.13. The summed E-state index contributed by atoms with van der Waals surface area (Å²) in [7, 11) is 2.96. The predicted octanol–water partition coefficient (Wildman–Crippen LogP) is 2.04. The average molecular weight is 300 g/mol. The maximum atomic E-state index is 12.0. The Bertz CT molecular complexity index is 525. The van der Waals surface area contributed by atoms with Crippen LogP contribution in [0.1, 0.15) is 15.9 Å². The molecule has 0 spiro atoms. The molecule has 90 valence electrons. The van der Waals surface area contributed by atoms with E-state index in [2.05, 4.69) is 21.1 Å². The summed E-state index contributed by atoms with van der Waals surface area (Å²) in [6.07, 6.45) is 0.283. The number of nitrogens with zero attached hydrogens (tertiary/aromatic N) is 1. The van der Waals surface area contributed by atoms with E-state index in [9.17, 15) is 4.79 Å². The highest BCUT2D eigenvalue weighted by Crippen LogP contribution is 2.41. The fourth-order valence-corrected chi connectivity index (χ4v) is 2.43. The molecule has 0 bridgehead atoms. The number of benzene rings is 1. The van der Waals surface area contributed by atoms with Gasteiger partial charge in [-0.25, -0.2) is 0 Å². The Balaban J connectivity index is 2.73. The van der Waals surface area contributed by atoms with E-state index in [1.807, 2.05) is 0 Å². The topological polar surface area (TPSA) is 68.1 Å². The number of methoxy groups -OCH3 is 2. The van der Waals surface area contributed by atoms with Crippen molar-refractivity contribution in [1.82, 2.24) is 0 Å². The van der Waals surface area contributed by atoms with Crippen molar-refractivity contribution in [3.05, 3.63) is 21.7 Å². The van der Waals surface area contributed by atoms with Gasteiger partial charge in [0.2, 0.25) is 5.78 Å². The fraction of sp³-hybridized carbons (Fsp3) is 0.273. The molecule has 0 radical (unpaired) electrons. The first kappa shape index (κ1) is 11.9. The molecule has 0 fully saturated rings. The van der Waals surface area contributed by atoms with Gasteiger partial charge in [0, 0.05) is 10.9 Å². The second-order valence-corrected chi connectivity index (χ2v) is 4.35. The lowest BCUT2D eigenvalue weighted by atomic mass is 10.1. The number of ether oxygens (including phenoxy) is 2. The molecule has 5 nitrogen and oxygen atoms in total. The molecular formula is C11H10BrNO4. The average Bonchev–Trinajstić information content (AvgIpc) is 2.67. The summed E-state index contributed by atoms with van der Waals surface area (Å²) in [4.78, 5) is 12.0. The number of hydrogen-bond acceptors (Lipinski definition) is 5. The largest absolute Gasteiger partial charge is 0.493 e. The minimum atomic E-state index is -0.334. The van der Waals surface area contributed by atoms with Crippen molar-refractivity contribution in [2.24, 2.45) is 5.16 Å². The van der Waals surface area contributed by atoms with Crippen molar-refractivity contribution in [2.75, 3.05) is 14.2 Å². The third-order valence-corrected chi connectivity index (χ3v) is 3.38. The van der Waals surface area contributed by atoms with E-state index in [4.69, 9.17) is 14.7 Å². The number of oxime groups is 1. The molecular weight excluding hydrogens is 290 g/mol. The first-order valence-electron chi connectivity index (χ1n) is 4.83. The normalized spacial score (nSPS) is 16.2. The second-order valence-electron chi connectivity index (χ2n) is 3.50. The maximum absolute atomic E-state index is 12.0. The lowest BCUT2D eigenvalue weighted by Gasteiger charge is -2.12. The Hall–Kier alpha value is -1.56. The third kappa shape index (κ3) is 1.68. The van der Waals surface area contributed by atoms with Crippen LogP contribution in [0.25, 0.3) is 0 Å². The highest BCUT2D eigenvalue weighted by atomic mass is 79.9. The van der Waals surface area contributed by atoms with E-state index in [0.29, 0.717) is 17.1 Å². The summed E-state index contributed by atoms with van der Waals surface area (Å²) in [5.41, 5.74) is 1.25. The Morgan fingerprint density at radius 3 is 2.65 bits per heavy atom. The fourth-order valence-electron chi connectivity index (χ4n) is 1.89. The molecule has 1 aliphatic rings. The van der Waals surface area contributed by atoms with Gasteiger partial charge < -0.3 is 14.7 Å². The second kappa shape index (κ2) is 4.37. The molecule has 1 aliphatic carbocycles. The molecule has 1 aromatic rings. The Kier molecular flexibility index (Phi) is 3.06. The van der Waals surface area contributed by atoms with E-state index in [-0.39, 0.29) is 17.9 Å². The number of carbonyl (C=O) groups is 1. The van der Waals surface area contributed by atoms with E-state index in [1.165, 1.54) is 14.2 Å². The minimum absolute atomic E-state index is 0.104. The maximum Gasteiger partial charge on any atom is 0.215 e. The smallest absolute Gasteiger partial charge is 0.215 e. The van der Waals surface area contributed by atoms with Crippen LogP contribution in [0.5, 0.6) is 11.5 Å². The van der Waals surface area contributed by atoms with Gasteiger partial charge in [-0.1, -0.05) is 21.1 Å². The molecule has 0 saturated carbocycles. The molecule has 17 heavy (non-hydrogen) atoms. The van der Waals surface area contributed by atoms with Gasteiger partial charge in [-0.15, -0.1) is 0 Å². The van der Waals surface area contributed by atoms with Crippen molar-refractivity contribution in [1.29, 1.82) is 0 Å². The first-order valence-corrected chi connectivity index (χ1v) is 5.62. The summed E-state index contributed by atoms with van der Waals surface area (Å²) < 4.78 is 11.1. The van der Waals surface area contributed by atoms with Gasteiger partial charge in [0.1, 0.15) is 5.71 Å². The van der Waals surface area contributed by atoms with Gasteiger partial charge in [0.15, 0.2) is 11.5 Å². The molecule has 0 atom stereocenters. The molecule has 2 rings (SSSR count). The molecule has 1 N–H and O–H groups in total. The molecule has 0 aromatic heterocycles. The number of fused-ring (bicyclic) bond motifs is 1. The van der Waals surface area contributed by atoms with Gasteiger partial charge in [-0.05, 0) is 11.6 Å². The SMILES string of the molecule is COc1cc(Br)c2c(c1OC)C(=O)/C(=N\O)C2. The molecule has 6 heteroatoms. The number of halogens is 1. The zero-order valence-electron chi connectivity index (χ0n) is 9.28.